The van der Waals surface area contributed by atoms with Crippen LogP contribution in [0.25, 0.3) is 16.9 Å². The van der Waals surface area contributed by atoms with Gasteiger partial charge in [0.2, 0.25) is 0 Å². The number of carbonyl (C=O) groups excluding carboxylic acids is 1. The van der Waals surface area contributed by atoms with E-state index in [2.05, 4.69) is 35.7 Å². The summed E-state index contributed by atoms with van der Waals surface area (Å²) in [6.07, 6.45) is 2.05. The highest BCUT2D eigenvalue weighted by molar-refractivity contribution is 5.94. The van der Waals surface area contributed by atoms with Gasteiger partial charge in [0.15, 0.2) is 0 Å². The lowest BCUT2D eigenvalue weighted by molar-refractivity contribution is 0.0963. The molecule has 0 bridgehead atoms. The number of imidazole rings is 1. The molecule has 1 N–H and O–H groups in total. The van der Waals surface area contributed by atoms with Gasteiger partial charge in [0.1, 0.15) is 5.65 Å². The van der Waals surface area contributed by atoms with Crippen molar-refractivity contribution in [2.24, 2.45) is 0 Å². The zero-order valence-electron chi connectivity index (χ0n) is 13.3. The second kappa shape index (κ2) is 5.30. The number of rotatable bonds is 2. The van der Waals surface area contributed by atoms with Gasteiger partial charge in [0.25, 0.3) is 5.91 Å². The van der Waals surface area contributed by atoms with Crippen molar-refractivity contribution in [2.75, 3.05) is 7.05 Å². The maximum atomic E-state index is 11.7. The van der Waals surface area contributed by atoms with Crippen molar-refractivity contribution < 1.29 is 4.79 Å². The predicted octanol–water partition coefficient (Wildman–Crippen LogP) is 3.29. The maximum absolute atomic E-state index is 11.7. The lowest BCUT2D eigenvalue weighted by Gasteiger charge is -2.07. The standard InChI is InChI=1S/C18H19N3O/c1-11-7-8-21-13(3)17(20-16(21)9-11)15-6-5-14(10-12(15)2)18(22)19-4/h5-10H,1-4H3,(H,19,22). The molecule has 0 radical (unpaired) electrons. The molecule has 4 nitrogen and oxygen atoms in total. The fourth-order valence-electron chi connectivity index (χ4n) is 2.74. The molecule has 3 rings (SSSR count). The van der Waals surface area contributed by atoms with E-state index in [-0.39, 0.29) is 5.91 Å². The van der Waals surface area contributed by atoms with Crippen LogP contribution < -0.4 is 5.32 Å². The Kier molecular flexibility index (Phi) is 3.45. The third-order valence-corrected chi connectivity index (χ3v) is 3.99. The first-order valence-corrected chi connectivity index (χ1v) is 7.29. The topological polar surface area (TPSA) is 46.4 Å². The van der Waals surface area contributed by atoms with Crippen molar-refractivity contribution in [1.29, 1.82) is 0 Å². The van der Waals surface area contributed by atoms with Crippen LogP contribution >= 0.6 is 0 Å². The molecule has 1 amide bonds. The quantitative estimate of drug-likeness (QED) is 0.788. The van der Waals surface area contributed by atoms with E-state index in [1.807, 2.05) is 31.3 Å². The predicted molar refractivity (Wildman–Crippen MR) is 88.2 cm³/mol. The number of aromatic nitrogens is 2. The second-order valence-electron chi connectivity index (χ2n) is 5.59. The molecule has 2 aromatic heterocycles. The molecule has 3 aromatic rings. The first-order chi connectivity index (χ1) is 10.5. The number of hydrogen-bond acceptors (Lipinski definition) is 2. The van der Waals surface area contributed by atoms with Crippen molar-refractivity contribution in [2.45, 2.75) is 20.8 Å². The summed E-state index contributed by atoms with van der Waals surface area (Å²) in [5, 5.41) is 2.65. The van der Waals surface area contributed by atoms with E-state index in [0.29, 0.717) is 5.56 Å². The average molecular weight is 293 g/mol. The molecule has 112 valence electrons. The van der Waals surface area contributed by atoms with E-state index >= 15 is 0 Å². The number of nitrogens with zero attached hydrogens (tertiary/aromatic N) is 2. The summed E-state index contributed by atoms with van der Waals surface area (Å²) in [7, 11) is 1.64. The van der Waals surface area contributed by atoms with Gasteiger partial charge in [0, 0.05) is 30.1 Å². The molecule has 0 saturated carbocycles. The molecule has 22 heavy (non-hydrogen) atoms. The number of pyridine rings is 1. The molecule has 4 heteroatoms. The first kappa shape index (κ1) is 14.3. The zero-order chi connectivity index (χ0) is 15.9. The highest BCUT2D eigenvalue weighted by atomic mass is 16.1. The Balaban J connectivity index is 2.15. The molecular formula is C18H19N3O. The zero-order valence-corrected chi connectivity index (χ0v) is 13.3. The summed E-state index contributed by atoms with van der Waals surface area (Å²) in [4.78, 5) is 16.5. The van der Waals surface area contributed by atoms with E-state index in [1.165, 1.54) is 5.56 Å². The highest BCUT2D eigenvalue weighted by Crippen LogP contribution is 2.27. The number of hydrogen-bond donors (Lipinski definition) is 1. The first-order valence-electron chi connectivity index (χ1n) is 7.29. The van der Waals surface area contributed by atoms with Gasteiger partial charge in [-0.25, -0.2) is 4.98 Å². The van der Waals surface area contributed by atoms with Gasteiger partial charge in [0.05, 0.1) is 5.69 Å². The molecule has 0 fully saturated rings. The van der Waals surface area contributed by atoms with Gasteiger partial charge in [-0.3, -0.25) is 4.79 Å². The van der Waals surface area contributed by atoms with Crippen LogP contribution in [0.15, 0.2) is 36.5 Å². The summed E-state index contributed by atoms with van der Waals surface area (Å²) in [5.74, 6) is -0.0722. The van der Waals surface area contributed by atoms with Crippen LogP contribution in [0.1, 0.15) is 27.2 Å². The normalized spacial score (nSPS) is 10.9. The summed E-state index contributed by atoms with van der Waals surface area (Å²) in [5.41, 5.74) is 6.98. The van der Waals surface area contributed by atoms with E-state index in [1.54, 1.807) is 7.05 Å². The molecular weight excluding hydrogens is 274 g/mol. The summed E-state index contributed by atoms with van der Waals surface area (Å²) in [6.45, 7) is 6.14. The number of fused-ring (bicyclic) bond motifs is 1. The van der Waals surface area contributed by atoms with Gasteiger partial charge in [-0.15, -0.1) is 0 Å². The minimum absolute atomic E-state index is 0.0722. The van der Waals surface area contributed by atoms with Gasteiger partial charge in [-0.2, -0.15) is 0 Å². The van der Waals surface area contributed by atoms with E-state index in [0.717, 1.165) is 28.2 Å². The minimum Gasteiger partial charge on any atom is -0.355 e. The van der Waals surface area contributed by atoms with Crippen LogP contribution in [-0.4, -0.2) is 22.3 Å². The molecule has 0 unspecified atom stereocenters. The van der Waals surface area contributed by atoms with E-state index in [4.69, 9.17) is 4.98 Å². The lowest BCUT2D eigenvalue weighted by atomic mass is 10.0. The van der Waals surface area contributed by atoms with Crippen molar-refractivity contribution in [3.63, 3.8) is 0 Å². The Hall–Kier alpha value is -2.62. The maximum Gasteiger partial charge on any atom is 0.251 e. The monoisotopic (exact) mass is 293 g/mol. The fourth-order valence-corrected chi connectivity index (χ4v) is 2.74. The highest BCUT2D eigenvalue weighted by Gasteiger charge is 2.14. The Morgan fingerprint density at radius 1 is 1.14 bits per heavy atom. The fraction of sp³-hybridized carbons (Fsp3) is 0.222. The summed E-state index contributed by atoms with van der Waals surface area (Å²) >= 11 is 0. The van der Waals surface area contributed by atoms with E-state index < -0.39 is 0 Å². The molecule has 0 aliphatic rings. The molecule has 0 spiro atoms. The van der Waals surface area contributed by atoms with E-state index in [9.17, 15) is 4.79 Å². The second-order valence-corrected chi connectivity index (χ2v) is 5.59. The van der Waals surface area contributed by atoms with Crippen molar-refractivity contribution in [1.82, 2.24) is 14.7 Å². The third-order valence-electron chi connectivity index (χ3n) is 3.99. The SMILES string of the molecule is CNC(=O)c1ccc(-c2nc3cc(C)ccn3c2C)c(C)c1. The Morgan fingerprint density at radius 2 is 1.91 bits per heavy atom. The smallest absolute Gasteiger partial charge is 0.251 e. The van der Waals surface area contributed by atoms with Crippen molar-refractivity contribution in [3.05, 3.63) is 58.9 Å². The van der Waals surface area contributed by atoms with Crippen LogP contribution in [0.5, 0.6) is 0 Å². The number of benzene rings is 1. The number of aryl methyl sites for hydroxylation is 3. The van der Waals surface area contributed by atoms with Gasteiger partial charge < -0.3 is 9.72 Å². The lowest BCUT2D eigenvalue weighted by Crippen LogP contribution is -2.17. The van der Waals surface area contributed by atoms with Gasteiger partial charge in [-0.05, 0) is 56.2 Å². The Bertz CT molecular complexity index is 877. The number of amides is 1. The average Bonchev–Trinajstić information content (AvgIpc) is 2.82. The third kappa shape index (κ3) is 2.26. The number of carbonyl (C=O) groups is 1. The Morgan fingerprint density at radius 3 is 2.59 bits per heavy atom. The summed E-state index contributed by atoms with van der Waals surface area (Å²) < 4.78 is 2.09. The van der Waals surface area contributed by atoms with Crippen molar-refractivity contribution >= 4 is 11.6 Å². The van der Waals surface area contributed by atoms with Crippen molar-refractivity contribution in [3.8, 4) is 11.3 Å². The molecule has 0 aliphatic carbocycles. The molecule has 0 aliphatic heterocycles. The van der Waals surface area contributed by atoms with Crippen LogP contribution in [0, 0.1) is 20.8 Å². The van der Waals surface area contributed by atoms with Crippen LogP contribution in [0.2, 0.25) is 0 Å². The van der Waals surface area contributed by atoms with Crippen LogP contribution in [0.4, 0.5) is 0 Å². The molecule has 1 aromatic carbocycles. The molecule has 0 saturated heterocycles. The summed E-state index contributed by atoms with van der Waals surface area (Å²) in [6, 6.07) is 9.87. The minimum atomic E-state index is -0.0722. The van der Waals surface area contributed by atoms with Gasteiger partial charge in [-0.1, -0.05) is 6.07 Å². The number of nitrogens with one attached hydrogen (secondary N) is 1. The largest absolute Gasteiger partial charge is 0.355 e. The molecule has 0 atom stereocenters. The van der Waals surface area contributed by atoms with Crippen LogP contribution in [0.3, 0.4) is 0 Å². The molecule has 2 heterocycles. The Labute approximate surface area is 129 Å². The van der Waals surface area contributed by atoms with Crippen LogP contribution in [-0.2, 0) is 0 Å². The van der Waals surface area contributed by atoms with Gasteiger partial charge >= 0.3 is 0 Å².